The van der Waals surface area contributed by atoms with Gasteiger partial charge in [0, 0.05) is 5.56 Å². The Morgan fingerprint density at radius 3 is 2.88 bits per heavy atom. The van der Waals surface area contributed by atoms with Crippen LogP contribution in [0.5, 0.6) is 0 Å². The van der Waals surface area contributed by atoms with E-state index in [1.165, 1.54) is 7.11 Å². The Hall–Kier alpha value is -1.88. The highest BCUT2D eigenvalue weighted by Gasteiger charge is 2.14. The van der Waals surface area contributed by atoms with Crippen LogP contribution in [0.15, 0.2) is 18.2 Å². The third-order valence-electron chi connectivity index (χ3n) is 2.60. The number of carbonyl (C=O) groups excluding carboxylic acids is 2. The number of rotatable bonds is 3. The van der Waals surface area contributed by atoms with Gasteiger partial charge in [-0.15, -0.1) is 0 Å². The summed E-state index contributed by atoms with van der Waals surface area (Å²) in [5.74, 6) is -0.757. The van der Waals surface area contributed by atoms with Crippen LogP contribution in [-0.2, 0) is 27.5 Å². The topological polar surface area (TPSA) is 64.6 Å². The predicted octanol–water partition coefficient (Wildman–Crippen LogP) is 0.620. The summed E-state index contributed by atoms with van der Waals surface area (Å²) in [5, 5.41) is 2.49. The third kappa shape index (κ3) is 2.62. The number of benzene rings is 1. The minimum atomic E-state index is -0.470. The van der Waals surface area contributed by atoms with Crippen molar-refractivity contribution >= 4 is 11.9 Å². The van der Waals surface area contributed by atoms with E-state index >= 15 is 0 Å². The third-order valence-corrected chi connectivity index (χ3v) is 2.60. The molecule has 1 aliphatic rings. The number of hydrogen-bond acceptors (Lipinski definition) is 4. The monoisotopic (exact) mass is 235 g/mol. The molecule has 0 aromatic heterocycles. The van der Waals surface area contributed by atoms with E-state index in [1.807, 2.05) is 6.07 Å². The molecule has 1 aromatic rings. The smallest absolute Gasteiger partial charge is 0.325 e. The van der Waals surface area contributed by atoms with Crippen LogP contribution in [0, 0.1) is 0 Å². The van der Waals surface area contributed by atoms with Gasteiger partial charge in [-0.1, -0.05) is 6.07 Å². The van der Waals surface area contributed by atoms with Crippen molar-refractivity contribution in [2.75, 3.05) is 13.7 Å². The molecule has 90 valence electrons. The lowest BCUT2D eigenvalue weighted by Gasteiger charge is -2.05. The predicted molar refractivity (Wildman–Crippen MR) is 59.3 cm³/mol. The number of hydrogen-bond donors (Lipinski definition) is 1. The van der Waals surface area contributed by atoms with Gasteiger partial charge >= 0.3 is 5.97 Å². The van der Waals surface area contributed by atoms with E-state index < -0.39 is 5.97 Å². The number of fused-ring (bicyclic) bond motifs is 1. The van der Waals surface area contributed by atoms with E-state index in [1.54, 1.807) is 12.1 Å². The number of nitrogens with one attached hydrogen (secondary N) is 1. The van der Waals surface area contributed by atoms with Gasteiger partial charge < -0.3 is 14.8 Å². The number of carbonyl (C=O) groups is 2. The summed E-state index contributed by atoms with van der Waals surface area (Å²) in [7, 11) is 1.28. The molecule has 0 fully saturated rings. The largest absolute Gasteiger partial charge is 0.468 e. The van der Waals surface area contributed by atoms with Crippen LogP contribution >= 0.6 is 0 Å². The number of methoxy groups -OCH3 is 1. The molecule has 5 heteroatoms. The van der Waals surface area contributed by atoms with Gasteiger partial charge in [-0.25, -0.2) is 0 Å². The summed E-state index contributed by atoms with van der Waals surface area (Å²) in [6.45, 7) is 1.01. The summed E-state index contributed by atoms with van der Waals surface area (Å²) in [4.78, 5) is 22.6. The molecule has 17 heavy (non-hydrogen) atoms. The first kappa shape index (κ1) is 11.6. The number of ether oxygens (including phenoxy) is 2. The molecule has 1 heterocycles. The van der Waals surface area contributed by atoms with Crippen LogP contribution in [0.3, 0.4) is 0 Å². The summed E-state index contributed by atoms with van der Waals surface area (Å²) < 4.78 is 9.70. The molecule has 0 saturated heterocycles. The highest BCUT2D eigenvalue weighted by Crippen LogP contribution is 2.20. The lowest BCUT2D eigenvalue weighted by molar-refractivity contribution is -0.139. The molecule has 0 unspecified atom stereocenters. The second kappa shape index (κ2) is 4.97. The quantitative estimate of drug-likeness (QED) is 0.780. The lowest BCUT2D eigenvalue weighted by atomic mass is 10.1. The van der Waals surface area contributed by atoms with Crippen LogP contribution in [0.2, 0.25) is 0 Å². The van der Waals surface area contributed by atoms with Crippen LogP contribution in [0.25, 0.3) is 0 Å². The fourth-order valence-corrected chi connectivity index (χ4v) is 1.64. The SMILES string of the molecule is COC(=O)CNC(=O)c1ccc2c(c1)COC2. The zero-order valence-electron chi connectivity index (χ0n) is 9.49. The van der Waals surface area contributed by atoms with Crippen molar-refractivity contribution in [3.8, 4) is 0 Å². The zero-order chi connectivity index (χ0) is 12.3. The van der Waals surface area contributed by atoms with Crippen LogP contribution < -0.4 is 5.32 Å². The van der Waals surface area contributed by atoms with E-state index in [-0.39, 0.29) is 12.5 Å². The van der Waals surface area contributed by atoms with Crippen molar-refractivity contribution in [3.05, 3.63) is 34.9 Å². The Kier molecular flexibility index (Phi) is 3.39. The normalized spacial score (nSPS) is 13.0. The van der Waals surface area contributed by atoms with Crippen molar-refractivity contribution < 1.29 is 19.1 Å². The van der Waals surface area contributed by atoms with Crippen molar-refractivity contribution in [2.24, 2.45) is 0 Å². The molecule has 0 bridgehead atoms. The van der Waals surface area contributed by atoms with E-state index in [0.717, 1.165) is 11.1 Å². The Balaban J connectivity index is 2.02. The van der Waals surface area contributed by atoms with Gasteiger partial charge in [-0.3, -0.25) is 9.59 Å². The van der Waals surface area contributed by atoms with Crippen LogP contribution in [0.1, 0.15) is 21.5 Å². The van der Waals surface area contributed by atoms with Gasteiger partial charge in [0.15, 0.2) is 0 Å². The molecule has 0 atom stereocenters. The molecule has 2 rings (SSSR count). The molecule has 0 spiro atoms. The Morgan fingerprint density at radius 1 is 1.35 bits per heavy atom. The fraction of sp³-hybridized carbons (Fsp3) is 0.333. The van der Waals surface area contributed by atoms with Crippen molar-refractivity contribution in [3.63, 3.8) is 0 Å². The first-order valence-corrected chi connectivity index (χ1v) is 5.25. The van der Waals surface area contributed by atoms with Gasteiger partial charge in [0.1, 0.15) is 6.54 Å². The van der Waals surface area contributed by atoms with Gasteiger partial charge in [-0.2, -0.15) is 0 Å². The maximum absolute atomic E-state index is 11.7. The molecule has 5 nitrogen and oxygen atoms in total. The summed E-state index contributed by atoms with van der Waals surface area (Å²) in [5.41, 5.74) is 2.66. The summed E-state index contributed by atoms with van der Waals surface area (Å²) >= 11 is 0. The van der Waals surface area contributed by atoms with Gasteiger partial charge in [0.2, 0.25) is 0 Å². The molecule has 1 N–H and O–H groups in total. The Bertz CT molecular complexity index is 456. The van der Waals surface area contributed by atoms with E-state index in [0.29, 0.717) is 18.8 Å². The van der Waals surface area contributed by atoms with E-state index in [4.69, 9.17) is 4.74 Å². The summed E-state index contributed by atoms with van der Waals surface area (Å²) in [6, 6.07) is 5.38. The zero-order valence-corrected chi connectivity index (χ0v) is 9.49. The molecule has 0 radical (unpaired) electrons. The second-order valence-corrected chi connectivity index (χ2v) is 3.74. The standard InChI is InChI=1S/C12H13NO4/c1-16-11(14)5-13-12(15)8-2-3-9-6-17-7-10(9)4-8/h2-4H,5-7H2,1H3,(H,13,15). The van der Waals surface area contributed by atoms with E-state index in [9.17, 15) is 9.59 Å². The second-order valence-electron chi connectivity index (χ2n) is 3.74. The molecule has 1 amide bonds. The molecule has 1 aliphatic heterocycles. The first-order valence-electron chi connectivity index (χ1n) is 5.25. The van der Waals surface area contributed by atoms with Gasteiger partial charge in [0.25, 0.3) is 5.91 Å². The molecular formula is C12H13NO4. The molecule has 1 aromatic carbocycles. The van der Waals surface area contributed by atoms with Crippen LogP contribution in [-0.4, -0.2) is 25.5 Å². The molecular weight excluding hydrogens is 222 g/mol. The average Bonchev–Trinajstić information content (AvgIpc) is 2.82. The highest BCUT2D eigenvalue weighted by atomic mass is 16.5. The van der Waals surface area contributed by atoms with E-state index in [2.05, 4.69) is 10.1 Å². The van der Waals surface area contributed by atoms with Crippen LogP contribution in [0.4, 0.5) is 0 Å². The number of esters is 1. The Morgan fingerprint density at radius 2 is 2.12 bits per heavy atom. The number of amides is 1. The fourth-order valence-electron chi connectivity index (χ4n) is 1.64. The molecule has 0 saturated carbocycles. The molecule has 0 aliphatic carbocycles. The van der Waals surface area contributed by atoms with Gasteiger partial charge in [-0.05, 0) is 23.3 Å². The summed E-state index contributed by atoms with van der Waals surface area (Å²) in [6.07, 6.45) is 0. The van der Waals surface area contributed by atoms with Gasteiger partial charge in [0.05, 0.1) is 20.3 Å². The minimum Gasteiger partial charge on any atom is -0.468 e. The lowest BCUT2D eigenvalue weighted by Crippen LogP contribution is -2.30. The highest BCUT2D eigenvalue weighted by molar-refractivity contribution is 5.96. The van der Waals surface area contributed by atoms with Crippen molar-refractivity contribution in [1.82, 2.24) is 5.32 Å². The minimum absolute atomic E-state index is 0.122. The van der Waals surface area contributed by atoms with Crippen molar-refractivity contribution in [1.29, 1.82) is 0 Å². The Labute approximate surface area is 98.7 Å². The average molecular weight is 235 g/mol. The maximum Gasteiger partial charge on any atom is 0.325 e. The maximum atomic E-state index is 11.7. The first-order chi connectivity index (χ1) is 8.20. The van der Waals surface area contributed by atoms with Crippen molar-refractivity contribution in [2.45, 2.75) is 13.2 Å².